The first-order valence-electron chi connectivity index (χ1n) is 10.5. The number of ether oxygens (including phenoxy) is 2. The lowest BCUT2D eigenvalue weighted by molar-refractivity contribution is 0.0879. The first kappa shape index (κ1) is 22.1. The minimum atomic E-state index is -0.907. The molecule has 0 aliphatic carbocycles. The van der Waals surface area contributed by atoms with Crippen LogP contribution in [0.4, 0.5) is 4.79 Å². The van der Waals surface area contributed by atoms with Gasteiger partial charge in [-0.25, -0.2) is 9.78 Å². The second kappa shape index (κ2) is 10.9. The molecular weight excluding hydrogens is 382 g/mol. The maximum atomic E-state index is 12.4. The lowest BCUT2D eigenvalue weighted by atomic mass is 10.0. The number of aromatic nitrogens is 1. The van der Waals surface area contributed by atoms with Crippen molar-refractivity contribution in [1.29, 1.82) is 0 Å². The van der Waals surface area contributed by atoms with Crippen LogP contribution in [0.25, 0.3) is 0 Å². The van der Waals surface area contributed by atoms with Crippen molar-refractivity contribution in [3.8, 4) is 5.88 Å². The van der Waals surface area contributed by atoms with E-state index in [1.807, 2.05) is 44.2 Å². The molecule has 1 aromatic carbocycles. The van der Waals surface area contributed by atoms with Gasteiger partial charge in [0.05, 0.1) is 12.1 Å². The molecule has 162 valence electrons. The predicted octanol–water partition coefficient (Wildman–Crippen LogP) is 3.29. The van der Waals surface area contributed by atoms with Crippen molar-refractivity contribution in [2.75, 3.05) is 19.6 Å². The van der Waals surface area contributed by atoms with Gasteiger partial charge in [0.15, 0.2) is 0 Å². The molecule has 1 amide bonds. The summed E-state index contributed by atoms with van der Waals surface area (Å²) in [6.45, 7) is 6.52. The summed E-state index contributed by atoms with van der Waals surface area (Å²) in [6.07, 6.45) is 2.42. The number of hydrogen-bond acceptors (Lipinski definition) is 6. The zero-order chi connectivity index (χ0) is 21.3. The lowest BCUT2D eigenvalue weighted by Gasteiger charge is -2.28. The van der Waals surface area contributed by atoms with Crippen molar-refractivity contribution in [1.82, 2.24) is 15.2 Å². The average Bonchev–Trinajstić information content (AvgIpc) is 3.25. The minimum absolute atomic E-state index is 0.0252. The molecule has 3 rings (SSSR count). The highest BCUT2D eigenvalue weighted by atomic mass is 16.5. The number of carbonyl (C=O) groups is 1. The number of pyridine rings is 1. The standard InChI is InChI=1S/C23H31N3O4/c1-17(2)30-21-11-10-19(14-24-21)22(27)20(15-26-12-6-7-13-26)25-23(28)29-16-18-8-4-3-5-9-18/h3-5,8-11,14,17,20,22,27H,6-7,12-13,15-16H2,1-2H3,(H,25,28)/t20-,22?/m1/s1. The minimum Gasteiger partial charge on any atom is -0.475 e. The van der Waals surface area contributed by atoms with Gasteiger partial charge in [0, 0.05) is 24.4 Å². The van der Waals surface area contributed by atoms with Crippen LogP contribution >= 0.6 is 0 Å². The highest BCUT2D eigenvalue weighted by Gasteiger charge is 2.27. The molecule has 1 aliphatic heterocycles. The Morgan fingerprint density at radius 1 is 1.17 bits per heavy atom. The van der Waals surface area contributed by atoms with Crippen LogP contribution in [0.3, 0.4) is 0 Å². The van der Waals surface area contributed by atoms with Gasteiger partial charge < -0.3 is 24.8 Å². The van der Waals surface area contributed by atoms with Crippen LogP contribution < -0.4 is 10.1 Å². The second-order valence-corrected chi connectivity index (χ2v) is 7.86. The highest BCUT2D eigenvalue weighted by Crippen LogP contribution is 2.21. The molecule has 7 heteroatoms. The van der Waals surface area contributed by atoms with E-state index in [9.17, 15) is 9.90 Å². The molecule has 1 fully saturated rings. The molecule has 2 aromatic rings. The van der Waals surface area contributed by atoms with Gasteiger partial charge in [-0.05, 0) is 51.4 Å². The fourth-order valence-corrected chi connectivity index (χ4v) is 3.49. The summed E-state index contributed by atoms with van der Waals surface area (Å²) in [7, 11) is 0. The topological polar surface area (TPSA) is 83.9 Å². The Morgan fingerprint density at radius 2 is 1.90 bits per heavy atom. The summed E-state index contributed by atoms with van der Waals surface area (Å²) in [5.41, 5.74) is 1.54. The molecule has 7 nitrogen and oxygen atoms in total. The number of rotatable bonds is 9. The van der Waals surface area contributed by atoms with Crippen molar-refractivity contribution in [3.05, 3.63) is 59.8 Å². The summed E-state index contributed by atoms with van der Waals surface area (Å²) >= 11 is 0. The van der Waals surface area contributed by atoms with Gasteiger partial charge >= 0.3 is 6.09 Å². The van der Waals surface area contributed by atoms with E-state index in [1.54, 1.807) is 18.3 Å². The Labute approximate surface area is 178 Å². The Morgan fingerprint density at radius 3 is 2.53 bits per heavy atom. The maximum Gasteiger partial charge on any atom is 0.407 e. The fraction of sp³-hybridized carbons (Fsp3) is 0.478. The molecule has 0 radical (unpaired) electrons. The van der Waals surface area contributed by atoms with E-state index in [0.29, 0.717) is 18.0 Å². The van der Waals surface area contributed by atoms with Gasteiger partial charge in [-0.15, -0.1) is 0 Å². The maximum absolute atomic E-state index is 12.4. The van der Waals surface area contributed by atoms with Crippen LogP contribution in [0.15, 0.2) is 48.7 Å². The third kappa shape index (κ3) is 6.71. The summed E-state index contributed by atoms with van der Waals surface area (Å²) < 4.78 is 10.9. The number of amides is 1. The summed E-state index contributed by atoms with van der Waals surface area (Å²) in [4.78, 5) is 18.9. The Balaban J connectivity index is 1.63. The largest absolute Gasteiger partial charge is 0.475 e. The van der Waals surface area contributed by atoms with Crippen molar-refractivity contribution in [2.45, 2.75) is 51.5 Å². The van der Waals surface area contributed by atoms with Crippen LogP contribution in [-0.2, 0) is 11.3 Å². The number of aliphatic hydroxyl groups is 1. The van der Waals surface area contributed by atoms with Crippen molar-refractivity contribution < 1.29 is 19.4 Å². The van der Waals surface area contributed by atoms with Crippen molar-refractivity contribution >= 4 is 6.09 Å². The first-order valence-corrected chi connectivity index (χ1v) is 10.5. The number of nitrogens with one attached hydrogen (secondary N) is 1. The van der Waals surface area contributed by atoms with E-state index < -0.39 is 18.2 Å². The Bertz CT molecular complexity index is 777. The Kier molecular flexibility index (Phi) is 8.04. The zero-order valence-corrected chi connectivity index (χ0v) is 17.7. The number of benzene rings is 1. The van der Waals surface area contributed by atoms with Crippen LogP contribution in [0, 0.1) is 0 Å². The molecule has 30 heavy (non-hydrogen) atoms. The second-order valence-electron chi connectivity index (χ2n) is 7.86. The monoisotopic (exact) mass is 413 g/mol. The molecule has 0 bridgehead atoms. The Hall–Kier alpha value is -2.64. The average molecular weight is 414 g/mol. The molecule has 2 heterocycles. The van der Waals surface area contributed by atoms with Crippen LogP contribution in [0.5, 0.6) is 5.88 Å². The summed E-state index contributed by atoms with van der Waals surface area (Å²) in [6, 6.07) is 12.5. The van der Waals surface area contributed by atoms with Gasteiger partial charge in [-0.3, -0.25) is 0 Å². The summed E-state index contributed by atoms with van der Waals surface area (Å²) in [5.74, 6) is 0.507. The van der Waals surface area contributed by atoms with Crippen LogP contribution in [-0.4, -0.2) is 52.9 Å². The molecule has 1 aromatic heterocycles. The van der Waals surface area contributed by atoms with Crippen molar-refractivity contribution in [2.24, 2.45) is 0 Å². The molecule has 1 saturated heterocycles. The highest BCUT2D eigenvalue weighted by molar-refractivity contribution is 5.67. The van der Waals surface area contributed by atoms with Gasteiger partial charge in [0.2, 0.25) is 5.88 Å². The van der Waals surface area contributed by atoms with Crippen LogP contribution in [0.2, 0.25) is 0 Å². The number of hydrogen-bond donors (Lipinski definition) is 2. The molecule has 2 atom stereocenters. The van der Waals surface area contributed by atoms with E-state index in [4.69, 9.17) is 9.47 Å². The quantitative estimate of drug-likeness (QED) is 0.656. The molecule has 1 unspecified atom stereocenters. The number of alkyl carbamates (subject to hydrolysis) is 1. The molecule has 0 spiro atoms. The number of carbonyl (C=O) groups excluding carboxylic acids is 1. The van der Waals surface area contributed by atoms with E-state index in [-0.39, 0.29) is 12.7 Å². The SMILES string of the molecule is CC(C)Oc1ccc(C(O)[C@@H](CN2CCCC2)NC(=O)OCc2ccccc2)cn1. The smallest absolute Gasteiger partial charge is 0.407 e. The molecule has 2 N–H and O–H groups in total. The number of aliphatic hydroxyl groups excluding tert-OH is 1. The van der Waals surface area contributed by atoms with Gasteiger partial charge in [-0.1, -0.05) is 30.3 Å². The van der Waals surface area contributed by atoms with E-state index in [2.05, 4.69) is 15.2 Å². The third-order valence-electron chi connectivity index (χ3n) is 5.01. The van der Waals surface area contributed by atoms with Gasteiger partial charge in [-0.2, -0.15) is 0 Å². The van der Waals surface area contributed by atoms with E-state index in [1.165, 1.54) is 0 Å². The van der Waals surface area contributed by atoms with E-state index >= 15 is 0 Å². The van der Waals surface area contributed by atoms with Gasteiger partial charge in [0.25, 0.3) is 0 Å². The first-order chi connectivity index (χ1) is 14.5. The predicted molar refractivity (Wildman–Crippen MR) is 114 cm³/mol. The summed E-state index contributed by atoms with van der Waals surface area (Å²) in [5, 5.41) is 13.8. The van der Waals surface area contributed by atoms with Crippen LogP contribution in [0.1, 0.15) is 43.9 Å². The molecule has 1 aliphatic rings. The number of nitrogens with zero attached hydrogens (tertiary/aromatic N) is 2. The van der Waals surface area contributed by atoms with E-state index in [0.717, 1.165) is 31.5 Å². The zero-order valence-electron chi connectivity index (χ0n) is 17.7. The normalized spacial score (nSPS) is 16.3. The fourth-order valence-electron chi connectivity index (χ4n) is 3.49. The third-order valence-corrected chi connectivity index (χ3v) is 5.01. The van der Waals surface area contributed by atoms with Gasteiger partial charge in [0.1, 0.15) is 12.7 Å². The van der Waals surface area contributed by atoms with Crippen molar-refractivity contribution in [3.63, 3.8) is 0 Å². The molecule has 0 saturated carbocycles. The number of likely N-dealkylation sites (tertiary alicyclic amines) is 1. The molecular formula is C23H31N3O4. The lowest BCUT2D eigenvalue weighted by Crippen LogP contribution is -2.46.